The molecule has 7 heteroatoms. The maximum Gasteiger partial charge on any atom is 0.230 e. The Balaban J connectivity index is 1.55. The molecule has 1 amide bonds. The zero-order valence-electron chi connectivity index (χ0n) is 18.0. The Labute approximate surface area is 183 Å². The van der Waals surface area contributed by atoms with Crippen LogP contribution in [0.15, 0.2) is 42.1 Å². The minimum absolute atomic E-state index is 0.0584. The molecule has 162 valence electrons. The summed E-state index contributed by atoms with van der Waals surface area (Å²) in [5.74, 6) is 2.41. The number of carbonyl (C=O) groups excluding carboxylic acids is 1. The number of ether oxygens (including phenoxy) is 1. The van der Waals surface area contributed by atoms with E-state index in [4.69, 9.17) is 4.74 Å². The van der Waals surface area contributed by atoms with Crippen molar-refractivity contribution in [3.05, 3.63) is 48.3 Å². The van der Waals surface area contributed by atoms with Gasteiger partial charge in [-0.25, -0.2) is 0 Å². The van der Waals surface area contributed by atoms with E-state index in [2.05, 4.69) is 48.1 Å². The van der Waals surface area contributed by atoms with E-state index in [0.29, 0.717) is 36.0 Å². The summed E-state index contributed by atoms with van der Waals surface area (Å²) < 4.78 is 7.86. The summed E-state index contributed by atoms with van der Waals surface area (Å²) in [5, 5.41) is 12.4. The van der Waals surface area contributed by atoms with E-state index in [1.807, 2.05) is 16.7 Å². The molecule has 30 heavy (non-hydrogen) atoms. The van der Waals surface area contributed by atoms with Crippen molar-refractivity contribution in [3.8, 4) is 5.75 Å². The lowest BCUT2D eigenvalue weighted by molar-refractivity contribution is -0.119. The maximum atomic E-state index is 12.3. The highest BCUT2D eigenvalue weighted by Gasteiger charge is 2.18. The molecule has 0 radical (unpaired) electrons. The van der Waals surface area contributed by atoms with Crippen LogP contribution >= 0.6 is 11.8 Å². The maximum absolute atomic E-state index is 12.3. The lowest BCUT2D eigenvalue weighted by atomic mass is 9.95. The SMILES string of the molecule is C=CCn1c(COc2ccc(C(C)C)cc2)nnc1SCC(=O)NC1CCCCC1. The van der Waals surface area contributed by atoms with E-state index in [-0.39, 0.29) is 5.91 Å². The van der Waals surface area contributed by atoms with Crippen molar-refractivity contribution in [3.63, 3.8) is 0 Å². The third-order valence-corrected chi connectivity index (χ3v) is 6.29. The second-order valence-corrected chi connectivity index (χ2v) is 8.94. The Hall–Kier alpha value is -2.28. The summed E-state index contributed by atoms with van der Waals surface area (Å²) in [6.45, 7) is 9.06. The van der Waals surface area contributed by atoms with Crippen molar-refractivity contribution < 1.29 is 9.53 Å². The Kier molecular flexibility index (Phi) is 8.37. The zero-order chi connectivity index (χ0) is 21.3. The molecule has 0 atom stereocenters. The number of carbonyl (C=O) groups is 1. The number of nitrogens with zero attached hydrogens (tertiary/aromatic N) is 3. The number of aromatic nitrogens is 3. The van der Waals surface area contributed by atoms with Gasteiger partial charge >= 0.3 is 0 Å². The van der Waals surface area contributed by atoms with Crippen LogP contribution in [-0.2, 0) is 17.9 Å². The van der Waals surface area contributed by atoms with Crippen molar-refractivity contribution in [1.82, 2.24) is 20.1 Å². The molecule has 1 aliphatic carbocycles. The van der Waals surface area contributed by atoms with E-state index in [9.17, 15) is 4.79 Å². The van der Waals surface area contributed by atoms with E-state index in [1.54, 1.807) is 6.08 Å². The summed E-state index contributed by atoms with van der Waals surface area (Å²) in [6, 6.07) is 8.45. The molecule has 1 N–H and O–H groups in total. The molecule has 6 nitrogen and oxygen atoms in total. The molecule has 1 saturated carbocycles. The fraction of sp³-hybridized carbons (Fsp3) is 0.522. The molecule has 0 unspecified atom stereocenters. The fourth-order valence-corrected chi connectivity index (χ4v) is 4.37. The van der Waals surface area contributed by atoms with E-state index >= 15 is 0 Å². The lowest BCUT2D eigenvalue weighted by Crippen LogP contribution is -2.37. The number of amides is 1. The van der Waals surface area contributed by atoms with Crippen molar-refractivity contribution in [2.45, 2.75) is 76.2 Å². The first-order valence-corrected chi connectivity index (χ1v) is 11.7. The quantitative estimate of drug-likeness (QED) is 0.438. The summed E-state index contributed by atoms with van der Waals surface area (Å²) in [7, 11) is 0. The average Bonchev–Trinajstić information content (AvgIpc) is 3.13. The molecule has 0 aliphatic heterocycles. The molecule has 0 spiro atoms. The van der Waals surface area contributed by atoms with Gasteiger partial charge in [0.15, 0.2) is 11.0 Å². The Bertz CT molecular complexity index is 826. The van der Waals surface area contributed by atoms with Crippen LogP contribution in [0.25, 0.3) is 0 Å². The van der Waals surface area contributed by atoms with Gasteiger partial charge in [-0.15, -0.1) is 16.8 Å². The van der Waals surface area contributed by atoms with Crippen LogP contribution in [0.3, 0.4) is 0 Å². The average molecular weight is 429 g/mol. The third kappa shape index (κ3) is 6.36. The van der Waals surface area contributed by atoms with Gasteiger partial charge in [-0.2, -0.15) is 0 Å². The first kappa shape index (κ1) is 22.4. The molecule has 3 rings (SSSR count). The highest BCUT2D eigenvalue weighted by Crippen LogP contribution is 2.22. The first-order chi connectivity index (χ1) is 14.6. The number of hydrogen-bond donors (Lipinski definition) is 1. The second-order valence-electron chi connectivity index (χ2n) is 8.00. The Morgan fingerprint density at radius 3 is 2.67 bits per heavy atom. The predicted octanol–water partition coefficient (Wildman–Crippen LogP) is 4.71. The van der Waals surface area contributed by atoms with Gasteiger partial charge in [-0.1, -0.05) is 63.1 Å². The summed E-state index contributed by atoms with van der Waals surface area (Å²) in [6.07, 6.45) is 7.66. The number of rotatable bonds is 10. The van der Waals surface area contributed by atoms with Crippen LogP contribution in [-0.4, -0.2) is 32.5 Å². The molecule has 1 fully saturated rings. The van der Waals surface area contributed by atoms with Crippen molar-refractivity contribution in [2.24, 2.45) is 0 Å². The monoisotopic (exact) mass is 428 g/mol. The first-order valence-electron chi connectivity index (χ1n) is 10.7. The third-order valence-electron chi connectivity index (χ3n) is 5.32. The molecule has 1 heterocycles. The van der Waals surface area contributed by atoms with E-state index in [1.165, 1.54) is 36.6 Å². The topological polar surface area (TPSA) is 69.0 Å². The largest absolute Gasteiger partial charge is 0.486 e. The van der Waals surface area contributed by atoms with Crippen molar-refractivity contribution >= 4 is 17.7 Å². The van der Waals surface area contributed by atoms with Crippen molar-refractivity contribution in [1.29, 1.82) is 0 Å². The zero-order valence-corrected chi connectivity index (χ0v) is 18.8. The van der Waals surface area contributed by atoms with Gasteiger partial charge in [0.25, 0.3) is 0 Å². The normalized spacial score (nSPS) is 14.6. The second kappa shape index (κ2) is 11.2. The fourth-order valence-electron chi connectivity index (χ4n) is 3.59. The number of hydrogen-bond acceptors (Lipinski definition) is 5. The summed E-state index contributed by atoms with van der Waals surface area (Å²) in [4.78, 5) is 12.3. The minimum Gasteiger partial charge on any atom is -0.486 e. The molecule has 1 aromatic heterocycles. The molecular formula is C23H32N4O2S. The van der Waals surface area contributed by atoms with Crippen molar-refractivity contribution in [2.75, 3.05) is 5.75 Å². The van der Waals surface area contributed by atoms with Gasteiger partial charge in [0.05, 0.1) is 5.75 Å². The number of allylic oxidation sites excluding steroid dienone is 1. The Morgan fingerprint density at radius 2 is 2.00 bits per heavy atom. The molecule has 1 aliphatic rings. The highest BCUT2D eigenvalue weighted by molar-refractivity contribution is 7.99. The molecule has 2 aromatic rings. The van der Waals surface area contributed by atoms with Crippen LogP contribution in [0.4, 0.5) is 0 Å². The highest BCUT2D eigenvalue weighted by atomic mass is 32.2. The standard InChI is InChI=1S/C23H32N4O2S/c1-4-14-27-21(15-29-20-12-10-18(11-13-20)17(2)3)25-26-23(27)30-16-22(28)24-19-8-6-5-7-9-19/h4,10-13,17,19H,1,5-9,14-16H2,2-3H3,(H,24,28). The molecule has 1 aromatic carbocycles. The lowest BCUT2D eigenvalue weighted by Gasteiger charge is -2.22. The van der Waals surface area contributed by atoms with Gasteiger partial charge in [-0.3, -0.25) is 9.36 Å². The van der Waals surface area contributed by atoms with Gasteiger partial charge in [0, 0.05) is 12.6 Å². The molecular weight excluding hydrogens is 396 g/mol. The molecule has 0 saturated heterocycles. The van der Waals surface area contributed by atoms with E-state index in [0.717, 1.165) is 24.4 Å². The van der Waals surface area contributed by atoms with Gasteiger partial charge < -0.3 is 10.1 Å². The van der Waals surface area contributed by atoms with E-state index < -0.39 is 0 Å². The van der Waals surface area contributed by atoms with Crippen LogP contribution < -0.4 is 10.1 Å². The smallest absolute Gasteiger partial charge is 0.230 e. The van der Waals surface area contributed by atoms with Gasteiger partial charge in [0.1, 0.15) is 12.4 Å². The van der Waals surface area contributed by atoms with Crippen LogP contribution in [0.5, 0.6) is 5.75 Å². The Morgan fingerprint density at radius 1 is 1.27 bits per heavy atom. The molecule has 0 bridgehead atoms. The summed E-state index contributed by atoms with van der Waals surface area (Å²) in [5.41, 5.74) is 1.28. The summed E-state index contributed by atoms with van der Waals surface area (Å²) >= 11 is 1.41. The number of benzene rings is 1. The minimum atomic E-state index is 0.0584. The van der Waals surface area contributed by atoms with Crippen LogP contribution in [0.2, 0.25) is 0 Å². The predicted molar refractivity (Wildman–Crippen MR) is 121 cm³/mol. The van der Waals surface area contributed by atoms with Crippen LogP contribution in [0, 0.1) is 0 Å². The van der Waals surface area contributed by atoms with Crippen LogP contribution in [0.1, 0.15) is 63.3 Å². The number of nitrogens with one attached hydrogen (secondary N) is 1. The number of thioether (sulfide) groups is 1. The van der Waals surface area contributed by atoms with Gasteiger partial charge in [-0.05, 0) is 36.5 Å². The van der Waals surface area contributed by atoms with Gasteiger partial charge in [0.2, 0.25) is 5.91 Å².